The molecule has 0 radical (unpaired) electrons. The number of rotatable bonds is 8. The normalized spacial score (nSPS) is 17.8. The number of morpholine rings is 1. The molecule has 1 unspecified atom stereocenters. The van der Waals surface area contributed by atoms with Gasteiger partial charge in [-0.3, -0.25) is 9.80 Å². The molecule has 1 heterocycles. The highest BCUT2D eigenvalue weighted by molar-refractivity contribution is 6.30. The third kappa shape index (κ3) is 5.83. The number of aliphatic hydroxyl groups excluding tert-OH is 2. The summed E-state index contributed by atoms with van der Waals surface area (Å²) >= 11 is 5.97. The Hall–Kier alpha value is -0.690. The number of halogens is 1. The lowest BCUT2D eigenvalue weighted by Crippen LogP contribution is -2.43. The number of aliphatic hydroxyl groups is 2. The van der Waals surface area contributed by atoms with Crippen molar-refractivity contribution in [3.05, 3.63) is 34.9 Å². The molecule has 124 valence electrons. The van der Waals surface area contributed by atoms with Crippen LogP contribution in [-0.2, 0) is 4.74 Å². The van der Waals surface area contributed by atoms with Crippen LogP contribution in [0.1, 0.15) is 11.7 Å². The zero-order valence-corrected chi connectivity index (χ0v) is 13.6. The molecular weight excluding hydrogens is 304 g/mol. The summed E-state index contributed by atoms with van der Waals surface area (Å²) in [6.07, 6.45) is -0.602. The van der Waals surface area contributed by atoms with E-state index in [9.17, 15) is 10.2 Å². The van der Waals surface area contributed by atoms with Crippen molar-refractivity contribution in [3.8, 4) is 0 Å². The molecule has 1 aromatic carbocycles. The van der Waals surface area contributed by atoms with Crippen molar-refractivity contribution in [2.75, 3.05) is 59.1 Å². The van der Waals surface area contributed by atoms with Crippen LogP contribution in [0, 0.1) is 0 Å². The van der Waals surface area contributed by atoms with Gasteiger partial charge in [-0.2, -0.15) is 0 Å². The van der Waals surface area contributed by atoms with Gasteiger partial charge in [0.05, 0.1) is 25.9 Å². The van der Waals surface area contributed by atoms with E-state index in [0.717, 1.165) is 45.0 Å². The monoisotopic (exact) mass is 328 g/mol. The minimum atomic E-state index is -0.602. The van der Waals surface area contributed by atoms with Crippen LogP contribution in [0.15, 0.2) is 24.3 Å². The first-order chi connectivity index (χ1) is 10.7. The van der Waals surface area contributed by atoms with E-state index in [-0.39, 0.29) is 6.61 Å². The van der Waals surface area contributed by atoms with Gasteiger partial charge in [0.2, 0.25) is 0 Å². The van der Waals surface area contributed by atoms with Crippen molar-refractivity contribution >= 4 is 11.6 Å². The molecule has 0 bridgehead atoms. The van der Waals surface area contributed by atoms with Crippen LogP contribution in [0.25, 0.3) is 0 Å². The molecule has 1 aliphatic heterocycles. The molecule has 2 rings (SSSR count). The Morgan fingerprint density at radius 3 is 2.73 bits per heavy atom. The first kappa shape index (κ1) is 17.7. The predicted octanol–water partition coefficient (Wildman–Crippen LogP) is 1.000. The summed E-state index contributed by atoms with van der Waals surface area (Å²) in [5.74, 6) is 0. The minimum Gasteiger partial charge on any atom is -0.395 e. The molecule has 2 N–H and O–H groups in total. The quantitative estimate of drug-likeness (QED) is 0.745. The molecule has 6 heteroatoms. The summed E-state index contributed by atoms with van der Waals surface area (Å²) in [6, 6.07) is 7.29. The van der Waals surface area contributed by atoms with Crippen molar-refractivity contribution in [2.45, 2.75) is 6.10 Å². The smallest absolute Gasteiger partial charge is 0.0917 e. The second kappa shape index (κ2) is 9.45. The Bertz CT molecular complexity index is 441. The number of hydrogen-bond donors (Lipinski definition) is 2. The molecule has 1 saturated heterocycles. The van der Waals surface area contributed by atoms with E-state index in [2.05, 4.69) is 9.80 Å². The van der Waals surface area contributed by atoms with Gasteiger partial charge in [0, 0.05) is 44.3 Å². The van der Waals surface area contributed by atoms with E-state index in [1.54, 1.807) is 12.1 Å². The van der Waals surface area contributed by atoms with Gasteiger partial charge in [-0.1, -0.05) is 23.7 Å². The summed E-state index contributed by atoms with van der Waals surface area (Å²) < 4.78 is 5.34. The Morgan fingerprint density at radius 2 is 2.05 bits per heavy atom. The van der Waals surface area contributed by atoms with Crippen molar-refractivity contribution in [2.24, 2.45) is 0 Å². The summed E-state index contributed by atoms with van der Waals surface area (Å²) in [4.78, 5) is 4.43. The van der Waals surface area contributed by atoms with Crippen molar-refractivity contribution < 1.29 is 14.9 Å². The number of benzene rings is 1. The molecule has 0 saturated carbocycles. The zero-order valence-electron chi connectivity index (χ0n) is 12.8. The molecule has 1 aliphatic rings. The van der Waals surface area contributed by atoms with Crippen molar-refractivity contribution in [1.82, 2.24) is 9.80 Å². The van der Waals surface area contributed by atoms with E-state index in [1.807, 2.05) is 12.1 Å². The van der Waals surface area contributed by atoms with Crippen LogP contribution in [0.5, 0.6) is 0 Å². The van der Waals surface area contributed by atoms with Gasteiger partial charge < -0.3 is 14.9 Å². The maximum Gasteiger partial charge on any atom is 0.0917 e. The molecule has 0 aliphatic carbocycles. The van der Waals surface area contributed by atoms with Gasteiger partial charge in [0.25, 0.3) is 0 Å². The summed E-state index contributed by atoms with van der Waals surface area (Å²) in [5.41, 5.74) is 0.807. The summed E-state index contributed by atoms with van der Waals surface area (Å²) in [6.45, 7) is 6.34. The SMILES string of the molecule is OCCN(CCN1CCOCC1)CC(O)c1cccc(Cl)c1. The fraction of sp³-hybridized carbons (Fsp3) is 0.625. The Kier molecular flexibility index (Phi) is 7.59. The second-order valence-corrected chi connectivity index (χ2v) is 5.99. The van der Waals surface area contributed by atoms with Crippen LogP contribution >= 0.6 is 11.6 Å². The van der Waals surface area contributed by atoms with E-state index in [0.29, 0.717) is 18.1 Å². The second-order valence-electron chi connectivity index (χ2n) is 5.55. The van der Waals surface area contributed by atoms with Crippen LogP contribution in [0.3, 0.4) is 0 Å². The molecule has 1 fully saturated rings. The maximum atomic E-state index is 10.4. The first-order valence-corrected chi connectivity index (χ1v) is 8.13. The maximum absolute atomic E-state index is 10.4. The lowest BCUT2D eigenvalue weighted by molar-refractivity contribution is 0.0283. The molecular formula is C16H25ClN2O3. The topological polar surface area (TPSA) is 56.2 Å². The molecule has 0 aromatic heterocycles. The lowest BCUT2D eigenvalue weighted by Gasteiger charge is -2.30. The van der Waals surface area contributed by atoms with E-state index in [1.165, 1.54) is 0 Å². The Balaban J connectivity index is 1.84. The lowest BCUT2D eigenvalue weighted by atomic mass is 10.1. The van der Waals surface area contributed by atoms with Crippen LogP contribution < -0.4 is 0 Å². The van der Waals surface area contributed by atoms with Gasteiger partial charge in [0.1, 0.15) is 0 Å². The van der Waals surface area contributed by atoms with Crippen molar-refractivity contribution in [3.63, 3.8) is 0 Å². The first-order valence-electron chi connectivity index (χ1n) is 7.76. The van der Waals surface area contributed by atoms with E-state index in [4.69, 9.17) is 16.3 Å². The Morgan fingerprint density at radius 1 is 1.27 bits per heavy atom. The average Bonchev–Trinajstić information content (AvgIpc) is 2.54. The summed E-state index contributed by atoms with van der Waals surface area (Å²) in [5, 5.41) is 20.2. The molecule has 22 heavy (non-hydrogen) atoms. The molecule has 0 amide bonds. The highest BCUT2D eigenvalue weighted by atomic mass is 35.5. The van der Waals surface area contributed by atoms with Gasteiger partial charge in [-0.15, -0.1) is 0 Å². The fourth-order valence-electron chi connectivity index (χ4n) is 2.61. The predicted molar refractivity (Wildman–Crippen MR) is 87.2 cm³/mol. The highest BCUT2D eigenvalue weighted by Gasteiger charge is 2.16. The molecule has 5 nitrogen and oxygen atoms in total. The third-order valence-corrected chi connectivity index (χ3v) is 4.15. The third-order valence-electron chi connectivity index (χ3n) is 3.92. The number of ether oxygens (including phenoxy) is 1. The zero-order chi connectivity index (χ0) is 15.8. The standard InChI is InChI=1S/C16H25ClN2O3/c17-15-3-1-2-14(12-15)16(21)13-19(6-9-20)5-4-18-7-10-22-11-8-18/h1-3,12,16,20-21H,4-11,13H2. The van der Waals surface area contributed by atoms with Gasteiger partial charge in [-0.25, -0.2) is 0 Å². The van der Waals surface area contributed by atoms with Crippen molar-refractivity contribution in [1.29, 1.82) is 0 Å². The van der Waals surface area contributed by atoms with Gasteiger partial charge in [0.15, 0.2) is 0 Å². The molecule has 1 aromatic rings. The number of nitrogens with zero attached hydrogens (tertiary/aromatic N) is 2. The van der Waals surface area contributed by atoms with Gasteiger partial charge >= 0.3 is 0 Å². The van der Waals surface area contributed by atoms with E-state index < -0.39 is 6.10 Å². The van der Waals surface area contributed by atoms with Crippen LogP contribution in [-0.4, -0.2) is 79.1 Å². The fourth-order valence-corrected chi connectivity index (χ4v) is 2.81. The number of hydrogen-bond acceptors (Lipinski definition) is 5. The largest absolute Gasteiger partial charge is 0.395 e. The van der Waals surface area contributed by atoms with Crippen LogP contribution in [0.4, 0.5) is 0 Å². The molecule has 0 spiro atoms. The van der Waals surface area contributed by atoms with E-state index >= 15 is 0 Å². The average molecular weight is 329 g/mol. The molecule has 1 atom stereocenters. The minimum absolute atomic E-state index is 0.0887. The van der Waals surface area contributed by atoms with Gasteiger partial charge in [-0.05, 0) is 17.7 Å². The van der Waals surface area contributed by atoms with Crippen LogP contribution in [0.2, 0.25) is 5.02 Å². The highest BCUT2D eigenvalue weighted by Crippen LogP contribution is 2.18. The Labute approximate surface area is 137 Å². The summed E-state index contributed by atoms with van der Waals surface area (Å²) in [7, 11) is 0.